The summed E-state index contributed by atoms with van der Waals surface area (Å²) in [7, 11) is 0. The Hall–Kier alpha value is -1.29. The highest BCUT2D eigenvalue weighted by molar-refractivity contribution is 9.10. The van der Waals surface area contributed by atoms with Crippen LogP contribution in [0.2, 0.25) is 0 Å². The third-order valence-corrected chi connectivity index (χ3v) is 2.65. The van der Waals surface area contributed by atoms with Gasteiger partial charge in [-0.25, -0.2) is 4.79 Å². The molecule has 0 aliphatic heterocycles. The highest BCUT2D eigenvalue weighted by Gasteiger charge is 1.94. The molecule has 92 valence electrons. The molecule has 0 heterocycles. The Morgan fingerprint density at radius 3 is 3.00 bits per heavy atom. The van der Waals surface area contributed by atoms with Crippen molar-refractivity contribution in [2.24, 2.45) is 0 Å². The normalized spacial score (nSPS) is 10.5. The van der Waals surface area contributed by atoms with Crippen molar-refractivity contribution in [3.8, 4) is 0 Å². The number of hydrogen-bond donors (Lipinski definition) is 2. The Bertz CT molecular complexity index is 391. The lowest BCUT2D eigenvalue weighted by Crippen LogP contribution is -2.32. The maximum Gasteiger partial charge on any atom is 0.318 e. The van der Waals surface area contributed by atoms with Crippen LogP contribution in [-0.4, -0.2) is 12.6 Å². The monoisotopic (exact) mass is 296 g/mol. The molecule has 17 heavy (non-hydrogen) atoms. The number of carbonyl (C=O) groups excluding carboxylic acids is 1. The van der Waals surface area contributed by atoms with Crippen molar-refractivity contribution in [2.75, 3.05) is 6.54 Å². The molecule has 0 spiro atoms. The van der Waals surface area contributed by atoms with Gasteiger partial charge in [-0.2, -0.15) is 0 Å². The fourth-order valence-corrected chi connectivity index (χ4v) is 1.67. The van der Waals surface area contributed by atoms with Crippen LogP contribution in [0.25, 0.3) is 6.08 Å². The summed E-state index contributed by atoms with van der Waals surface area (Å²) in [6, 6.07) is 7.70. The van der Waals surface area contributed by atoms with Gasteiger partial charge in [0, 0.05) is 17.2 Å². The Kier molecular flexibility index (Phi) is 6.40. The maximum absolute atomic E-state index is 11.3. The van der Waals surface area contributed by atoms with E-state index in [-0.39, 0.29) is 6.03 Å². The lowest BCUT2D eigenvalue weighted by Gasteiger charge is -2.02. The van der Waals surface area contributed by atoms with Crippen molar-refractivity contribution in [1.29, 1.82) is 0 Å². The summed E-state index contributed by atoms with van der Waals surface area (Å²) in [5, 5.41) is 5.43. The molecule has 1 aromatic carbocycles. The molecule has 4 heteroatoms. The van der Waals surface area contributed by atoms with E-state index in [1.54, 1.807) is 6.20 Å². The number of benzene rings is 1. The van der Waals surface area contributed by atoms with E-state index in [0.29, 0.717) is 6.54 Å². The zero-order chi connectivity index (χ0) is 12.5. The predicted octanol–water partition coefficient (Wildman–Crippen LogP) is 3.52. The second-order valence-corrected chi connectivity index (χ2v) is 4.56. The third kappa shape index (κ3) is 6.12. The summed E-state index contributed by atoms with van der Waals surface area (Å²) < 4.78 is 1.02. The van der Waals surface area contributed by atoms with Crippen LogP contribution in [-0.2, 0) is 0 Å². The fourth-order valence-electron chi connectivity index (χ4n) is 1.25. The van der Waals surface area contributed by atoms with E-state index in [4.69, 9.17) is 0 Å². The molecule has 2 N–H and O–H groups in total. The zero-order valence-electron chi connectivity index (χ0n) is 9.87. The van der Waals surface area contributed by atoms with Gasteiger partial charge in [-0.15, -0.1) is 0 Å². The minimum atomic E-state index is -0.162. The van der Waals surface area contributed by atoms with Crippen LogP contribution in [0.4, 0.5) is 4.79 Å². The number of urea groups is 1. The fraction of sp³-hybridized carbons (Fsp3) is 0.308. The van der Waals surface area contributed by atoms with E-state index < -0.39 is 0 Å². The first-order chi connectivity index (χ1) is 8.22. The smallest absolute Gasteiger partial charge is 0.318 e. The topological polar surface area (TPSA) is 41.1 Å². The van der Waals surface area contributed by atoms with Crippen LogP contribution >= 0.6 is 15.9 Å². The minimum Gasteiger partial charge on any atom is -0.338 e. The molecule has 1 rings (SSSR count). The predicted molar refractivity (Wildman–Crippen MR) is 74.6 cm³/mol. The van der Waals surface area contributed by atoms with Crippen LogP contribution < -0.4 is 10.6 Å². The Morgan fingerprint density at radius 2 is 2.29 bits per heavy atom. The number of carbonyl (C=O) groups is 1. The molecule has 1 aromatic rings. The number of nitrogens with one attached hydrogen (secondary N) is 2. The van der Waals surface area contributed by atoms with E-state index in [0.717, 1.165) is 22.9 Å². The quantitative estimate of drug-likeness (QED) is 0.802. The summed E-state index contributed by atoms with van der Waals surface area (Å²) in [6.07, 6.45) is 5.57. The Morgan fingerprint density at radius 1 is 1.47 bits per heavy atom. The van der Waals surface area contributed by atoms with Gasteiger partial charge in [0.2, 0.25) is 0 Å². The molecule has 0 saturated carbocycles. The average molecular weight is 297 g/mol. The third-order valence-electron chi connectivity index (χ3n) is 2.15. The van der Waals surface area contributed by atoms with Gasteiger partial charge in [0.25, 0.3) is 0 Å². The van der Waals surface area contributed by atoms with Gasteiger partial charge in [0.1, 0.15) is 0 Å². The van der Waals surface area contributed by atoms with E-state index in [2.05, 4.69) is 33.5 Å². The Balaban J connectivity index is 2.32. The van der Waals surface area contributed by atoms with E-state index in [1.807, 2.05) is 30.3 Å². The van der Waals surface area contributed by atoms with E-state index in [1.165, 1.54) is 0 Å². The molecule has 0 bridgehead atoms. The number of halogens is 1. The average Bonchev–Trinajstić information content (AvgIpc) is 2.29. The first-order valence-electron chi connectivity index (χ1n) is 5.69. The lowest BCUT2D eigenvalue weighted by atomic mass is 10.2. The van der Waals surface area contributed by atoms with E-state index in [9.17, 15) is 4.79 Å². The summed E-state index contributed by atoms with van der Waals surface area (Å²) in [5.41, 5.74) is 1.04. The molecule has 2 amide bonds. The van der Waals surface area contributed by atoms with Crippen LogP contribution in [0.5, 0.6) is 0 Å². The van der Waals surface area contributed by atoms with Gasteiger partial charge < -0.3 is 10.6 Å². The molecule has 0 unspecified atom stereocenters. The molecule has 0 aromatic heterocycles. The minimum absolute atomic E-state index is 0.162. The van der Waals surface area contributed by atoms with Crippen molar-refractivity contribution in [2.45, 2.75) is 19.8 Å². The van der Waals surface area contributed by atoms with Crippen molar-refractivity contribution in [3.05, 3.63) is 40.5 Å². The van der Waals surface area contributed by atoms with Crippen molar-refractivity contribution in [1.82, 2.24) is 10.6 Å². The summed E-state index contributed by atoms with van der Waals surface area (Å²) >= 11 is 3.39. The highest BCUT2D eigenvalue weighted by atomic mass is 79.9. The number of unbranched alkanes of at least 4 members (excludes halogenated alkanes) is 1. The molecule has 0 saturated heterocycles. The second kappa shape index (κ2) is 7.90. The van der Waals surface area contributed by atoms with Gasteiger partial charge in [-0.1, -0.05) is 41.4 Å². The molecule has 0 aliphatic carbocycles. The van der Waals surface area contributed by atoms with Crippen molar-refractivity contribution in [3.63, 3.8) is 0 Å². The van der Waals surface area contributed by atoms with E-state index >= 15 is 0 Å². The van der Waals surface area contributed by atoms with Crippen LogP contribution in [0, 0.1) is 0 Å². The van der Waals surface area contributed by atoms with Gasteiger partial charge in [0.05, 0.1) is 0 Å². The first kappa shape index (κ1) is 13.8. The molecular formula is C13H17BrN2O. The summed E-state index contributed by atoms with van der Waals surface area (Å²) in [5.74, 6) is 0. The zero-order valence-corrected chi connectivity index (χ0v) is 11.5. The molecular weight excluding hydrogens is 280 g/mol. The maximum atomic E-state index is 11.3. The summed E-state index contributed by atoms with van der Waals surface area (Å²) in [4.78, 5) is 11.3. The van der Waals surface area contributed by atoms with Gasteiger partial charge in [0.15, 0.2) is 0 Å². The molecule has 0 fully saturated rings. The molecule has 0 atom stereocenters. The summed E-state index contributed by atoms with van der Waals surface area (Å²) in [6.45, 7) is 2.81. The van der Waals surface area contributed by atoms with Crippen LogP contribution in [0.15, 0.2) is 34.9 Å². The molecule has 3 nitrogen and oxygen atoms in total. The molecule has 0 aliphatic rings. The van der Waals surface area contributed by atoms with Gasteiger partial charge >= 0.3 is 6.03 Å². The highest BCUT2D eigenvalue weighted by Crippen LogP contribution is 2.12. The number of amides is 2. The van der Waals surface area contributed by atoms with Gasteiger partial charge in [-0.05, 0) is 30.2 Å². The standard InChI is InChI=1S/C13H17BrN2O/c1-2-3-8-15-13(17)16-9-7-11-5-4-6-12(14)10-11/h4-7,9-10H,2-3,8H2,1H3,(H2,15,16,17)/b9-7+. The largest absolute Gasteiger partial charge is 0.338 e. The van der Waals surface area contributed by atoms with Crippen LogP contribution in [0.1, 0.15) is 25.3 Å². The van der Waals surface area contributed by atoms with Crippen LogP contribution in [0.3, 0.4) is 0 Å². The first-order valence-corrected chi connectivity index (χ1v) is 6.48. The van der Waals surface area contributed by atoms with Gasteiger partial charge in [-0.3, -0.25) is 0 Å². The van der Waals surface area contributed by atoms with Crippen molar-refractivity contribution >= 4 is 28.0 Å². The number of rotatable bonds is 5. The second-order valence-electron chi connectivity index (χ2n) is 3.64. The SMILES string of the molecule is CCCCNC(=O)N/C=C/c1cccc(Br)c1. The molecule has 0 radical (unpaired) electrons. The van der Waals surface area contributed by atoms with Crippen molar-refractivity contribution < 1.29 is 4.79 Å². The number of hydrogen-bond acceptors (Lipinski definition) is 1. The Labute approximate surface area is 110 Å². The lowest BCUT2D eigenvalue weighted by molar-refractivity contribution is 0.244.